The van der Waals surface area contributed by atoms with Crippen molar-refractivity contribution in [3.8, 4) is 0 Å². The van der Waals surface area contributed by atoms with Crippen LogP contribution in [0.25, 0.3) is 0 Å². The van der Waals surface area contributed by atoms with Gasteiger partial charge in [-0.2, -0.15) is 0 Å². The highest BCUT2D eigenvalue weighted by Gasteiger charge is 2.28. The monoisotopic (exact) mass is 317 g/mol. The molecule has 1 aromatic heterocycles. The molecule has 0 spiro atoms. The Hall–Kier alpha value is -1.18. The molecule has 1 fully saturated rings. The fraction of sp³-hybridized carbons (Fsp3) is 0.500. The van der Waals surface area contributed by atoms with Crippen LogP contribution in [0, 0.1) is 5.92 Å². The van der Waals surface area contributed by atoms with E-state index < -0.39 is 10.0 Å². The van der Waals surface area contributed by atoms with Crippen LogP contribution in [0.2, 0.25) is 5.02 Å². The van der Waals surface area contributed by atoms with Gasteiger partial charge >= 0.3 is 0 Å². The van der Waals surface area contributed by atoms with Gasteiger partial charge in [0.2, 0.25) is 15.9 Å². The third-order valence-electron chi connectivity index (χ3n) is 3.47. The molecule has 0 unspecified atom stereocenters. The number of hydrogen-bond donors (Lipinski definition) is 2. The third kappa shape index (κ3) is 3.47. The van der Waals surface area contributed by atoms with E-state index in [0.717, 1.165) is 0 Å². The fourth-order valence-corrected chi connectivity index (χ4v) is 4.08. The largest absolute Gasteiger partial charge is 0.369 e. The topological polar surface area (TPSA) is 102 Å². The van der Waals surface area contributed by atoms with Crippen LogP contribution in [0.15, 0.2) is 23.4 Å². The van der Waals surface area contributed by atoms with Gasteiger partial charge in [0.05, 0.1) is 5.02 Å². The molecule has 0 aliphatic heterocycles. The van der Waals surface area contributed by atoms with Gasteiger partial charge < -0.3 is 5.73 Å². The molecule has 1 aromatic rings. The minimum atomic E-state index is -3.69. The molecule has 0 aromatic carbocycles. The zero-order chi connectivity index (χ0) is 14.8. The second kappa shape index (κ2) is 6.07. The highest BCUT2D eigenvalue weighted by Crippen LogP contribution is 2.26. The van der Waals surface area contributed by atoms with Gasteiger partial charge in [-0.05, 0) is 31.7 Å². The summed E-state index contributed by atoms with van der Waals surface area (Å²) in [7, 11) is -3.69. The Bertz CT molecular complexity index is 598. The minimum absolute atomic E-state index is 0.0290. The Kier molecular flexibility index (Phi) is 4.62. The molecule has 8 heteroatoms. The summed E-state index contributed by atoms with van der Waals surface area (Å²) in [5.74, 6) is -0.473. The zero-order valence-electron chi connectivity index (χ0n) is 10.8. The predicted molar refractivity (Wildman–Crippen MR) is 74.5 cm³/mol. The summed E-state index contributed by atoms with van der Waals surface area (Å²) in [6.45, 7) is 0. The normalized spacial score (nSPS) is 23.4. The lowest BCUT2D eigenvalue weighted by Gasteiger charge is -2.27. The molecule has 3 N–H and O–H groups in total. The maximum Gasteiger partial charge on any atom is 0.243 e. The van der Waals surface area contributed by atoms with Crippen molar-refractivity contribution in [1.82, 2.24) is 9.71 Å². The molecule has 110 valence electrons. The van der Waals surface area contributed by atoms with Crippen molar-refractivity contribution < 1.29 is 13.2 Å². The number of amides is 1. The first-order valence-electron chi connectivity index (χ1n) is 6.31. The number of carbonyl (C=O) groups is 1. The maximum atomic E-state index is 12.2. The lowest BCUT2D eigenvalue weighted by molar-refractivity contribution is -0.122. The standard InChI is InChI=1S/C12H16ClN3O3S/c13-10-5-6-15-7-11(10)20(18,19)16-9-3-1-8(2-4-9)12(14)17/h5-9,16H,1-4H2,(H2,14,17). The average molecular weight is 318 g/mol. The van der Waals surface area contributed by atoms with Gasteiger partial charge in [-0.3, -0.25) is 9.78 Å². The van der Waals surface area contributed by atoms with Crippen molar-refractivity contribution in [2.75, 3.05) is 0 Å². The summed E-state index contributed by atoms with van der Waals surface area (Å²) >= 11 is 5.87. The highest BCUT2D eigenvalue weighted by atomic mass is 35.5. The number of primary amides is 1. The van der Waals surface area contributed by atoms with Crippen LogP contribution in [-0.2, 0) is 14.8 Å². The SMILES string of the molecule is NC(=O)C1CCC(NS(=O)(=O)c2cnccc2Cl)CC1. The number of nitrogens with zero attached hydrogens (tertiary/aromatic N) is 1. The molecule has 0 atom stereocenters. The first kappa shape index (κ1) is 15.2. The molecule has 1 aliphatic rings. The van der Waals surface area contributed by atoms with E-state index in [1.165, 1.54) is 18.5 Å². The second-order valence-corrected chi connectivity index (χ2v) is 6.97. The molecule has 1 saturated carbocycles. The first-order valence-corrected chi connectivity index (χ1v) is 8.17. The third-order valence-corrected chi connectivity index (χ3v) is 5.46. The van der Waals surface area contributed by atoms with E-state index in [4.69, 9.17) is 17.3 Å². The molecule has 6 nitrogen and oxygen atoms in total. The van der Waals surface area contributed by atoms with Crippen molar-refractivity contribution in [2.45, 2.75) is 36.6 Å². The minimum Gasteiger partial charge on any atom is -0.369 e. The Balaban J connectivity index is 2.04. The van der Waals surface area contributed by atoms with Crippen molar-refractivity contribution in [2.24, 2.45) is 11.7 Å². The molecule has 1 heterocycles. The van der Waals surface area contributed by atoms with Gasteiger partial charge in [0.25, 0.3) is 0 Å². The Morgan fingerprint density at radius 2 is 2.00 bits per heavy atom. The zero-order valence-corrected chi connectivity index (χ0v) is 12.3. The van der Waals surface area contributed by atoms with Crippen molar-refractivity contribution in [3.05, 3.63) is 23.5 Å². The number of nitrogens with two attached hydrogens (primary N) is 1. The van der Waals surface area contributed by atoms with Crippen LogP contribution in [0.3, 0.4) is 0 Å². The van der Waals surface area contributed by atoms with E-state index in [9.17, 15) is 13.2 Å². The molecule has 20 heavy (non-hydrogen) atoms. The van der Waals surface area contributed by atoms with E-state index in [-0.39, 0.29) is 27.8 Å². The molecule has 1 aliphatic carbocycles. The average Bonchev–Trinajstić information content (AvgIpc) is 2.39. The van der Waals surface area contributed by atoms with Gasteiger partial charge in [0.1, 0.15) is 4.90 Å². The van der Waals surface area contributed by atoms with E-state index in [0.29, 0.717) is 25.7 Å². The lowest BCUT2D eigenvalue weighted by Crippen LogP contribution is -2.39. The summed E-state index contributed by atoms with van der Waals surface area (Å²) in [6, 6.07) is 1.23. The lowest BCUT2D eigenvalue weighted by atomic mass is 9.86. The van der Waals surface area contributed by atoms with E-state index >= 15 is 0 Å². The number of aromatic nitrogens is 1. The van der Waals surface area contributed by atoms with E-state index in [2.05, 4.69) is 9.71 Å². The summed E-state index contributed by atoms with van der Waals surface area (Å²) in [5.41, 5.74) is 5.25. The number of sulfonamides is 1. The van der Waals surface area contributed by atoms with E-state index in [1.54, 1.807) is 0 Å². The molecular formula is C12H16ClN3O3S. The van der Waals surface area contributed by atoms with Crippen molar-refractivity contribution in [3.63, 3.8) is 0 Å². The van der Waals surface area contributed by atoms with Gasteiger partial charge in [0, 0.05) is 24.4 Å². The Labute approximate surface area is 122 Å². The van der Waals surface area contributed by atoms with Gasteiger partial charge in [-0.1, -0.05) is 11.6 Å². The maximum absolute atomic E-state index is 12.2. The molecule has 0 saturated heterocycles. The highest BCUT2D eigenvalue weighted by molar-refractivity contribution is 7.89. The predicted octanol–water partition coefficient (Wildman–Crippen LogP) is 1.06. The quantitative estimate of drug-likeness (QED) is 0.866. The first-order chi connectivity index (χ1) is 9.40. The van der Waals surface area contributed by atoms with Crippen LogP contribution >= 0.6 is 11.6 Å². The van der Waals surface area contributed by atoms with E-state index in [1.807, 2.05) is 0 Å². The van der Waals surface area contributed by atoms with Crippen LogP contribution < -0.4 is 10.5 Å². The summed E-state index contributed by atoms with van der Waals surface area (Å²) in [5, 5.41) is 0.137. The molecular weight excluding hydrogens is 302 g/mol. The molecule has 0 radical (unpaired) electrons. The summed E-state index contributed by atoms with van der Waals surface area (Å²) < 4.78 is 27.0. The molecule has 0 bridgehead atoms. The Morgan fingerprint density at radius 3 is 2.55 bits per heavy atom. The summed E-state index contributed by atoms with van der Waals surface area (Å²) in [4.78, 5) is 14.8. The van der Waals surface area contributed by atoms with Crippen LogP contribution in [0.1, 0.15) is 25.7 Å². The fourth-order valence-electron chi connectivity index (χ4n) is 2.34. The number of pyridine rings is 1. The number of carbonyl (C=O) groups excluding carboxylic acids is 1. The summed E-state index contributed by atoms with van der Waals surface area (Å²) in [6.07, 6.45) is 5.03. The van der Waals surface area contributed by atoms with Crippen molar-refractivity contribution in [1.29, 1.82) is 0 Å². The van der Waals surface area contributed by atoms with Crippen LogP contribution in [-0.4, -0.2) is 25.4 Å². The number of nitrogens with one attached hydrogen (secondary N) is 1. The Morgan fingerprint density at radius 1 is 1.35 bits per heavy atom. The van der Waals surface area contributed by atoms with Gasteiger partial charge in [0.15, 0.2) is 0 Å². The van der Waals surface area contributed by atoms with Gasteiger partial charge in [-0.25, -0.2) is 13.1 Å². The number of halogens is 1. The number of hydrogen-bond acceptors (Lipinski definition) is 4. The molecule has 2 rings (SSSR count). The smallest absolute Gasteiger partial charge is 0.243 e. The second-order valence-electron chi connectivity index (χ2n) is 4.88. The number of rotatable bonds is 4. The van der Waals surface area contributed by atoms with Crippen molar-refractivity contribution >= 4 is 27.5 Å². The van der Waals surface area contributed by atoms with Crippen LogP contribution in [0.4, 0.5) is 0 Å². The van der Waals surface area contributed by atoms with Crippen LogP contribution in [0.5, 0.6) is 0 Å². The molecule has 1 amide bonds. The van der Waals surface area contributed by atoms with Gasteiger partial charge in [-0.15, -0.1) is 0 Å².